The maximum Gasteiger partial charge on any atom is 0.338 e. The number of ketones is 1. The fourth-order valence-corrected chi connectivity index (χ4v) is 2.77. The molecule has 0 spiro atoms. The molecule has 30 heavy (non-hydrogen) atoms. The van der Waals surface area contributed by atoms with Gasteiger partial charge in [-0.05, 0) is 42.0 Å². The number of nitrogens with two attached hydrogens (primary N) is 1. The number of primary amides is 1. The zero-order valence-electron chi connectivity index (χ0n) is 15.7. The van der Waals surface area contributed by atoms with Gasteiger partial charge in [-0.15, -0.1) is 0 Å². The highest BCUT2D eigenvalue weighted by Crippen LogP contribution is 2.13. The van der Waals surface area contributed by atoms with Crippen molar-refractivity contribution in [3.8, 4) is 0 Å². The van der Waals surface area contributed by atoms with E-state index >= 15 is 0 Å². The summed E-state index contributed by atoms with van der Waals surface area (Å²) in [6, 6.07) is 11.0. The van der Waals surface area contributed by atoms with Gasteiger partial charge in [-0.25, -0.2) is 14.4 Å². The van der Waals surface area contributed by atoms with Crippen molar-refractivity contribution in [2.45, 2.75) is 6.54 Å². The summed E-state index contributed by atoms with van der Waals surface area (Å²) in [4.78, 5) is 59.6. The van der Waals surface area contributed by atoms with E-state index in [-0.39, 0.29) is 24.6 Å². The second-order valence-corrected chi connectivity index (χ2v) is 6.40. The molecule has 2 aromatic rings. The third kappa shape index (κ3) is 4.98. The molecule has 0 aromatic heterocycles. The van der Waals surface area contributed by atoms with Crippen LogP contribution in [0.25, 0.3) is 0 Å². The molecule has 0 saturated carbocycles. The second-order valence-electron chi connectivity index (χ2n) is 6.40. The number of hydrogen-bond donors (Lipinski definition) is 3. The molecule has 0 unspecified atom stereocenters. The summed E-state index contributed by atoms with van der Waals surface area (Å²) in [6.07, 6.45) is 0. The Hall–Kier alpha value is -4.21. The predicted molar refractivity (Wildman–Crippen MR) is 105 cm³/mol. The number of hydrogen-bond acceptors (Lipinski definition) is 6. The van der Waals surface area contributed by atoms with Crippen molar-refractivity contribution in [3.05, 3.63) is 65.2 Å². The number of anilines is 1. The minimum Gasteiger partial charge on any atom is -0.454 e. The Kier molecular flexibility index (Phi) is 6.06. The summed E-state index contributed by atoms with van der Waals surface area (Å²) in [7, 11) is 0. The van der Waals surface area contributed by atoms with E-state index in [4.69, 9.17) is 10.5 Å². The average molecular weight is 410 g/mol. The molecule has 0 bridgehead atoms. The number of carbonyl (C=O) groups is 5. The third-order valence-electron chi connectivity index (χ3n) is 4.25. The maximum absolute atomic E-state index is 12.3. The van der Waals surface area contributed by atoms with Gasteiger partial charge in [-0.1, -0.05) is 12.1 Å². The van der Waals surface area contributed by atoms with Gasteiger partial charge in [-0.3, -0.25) is 14.5 Å². The van der Waals surface area contributed by atoms with Crippen LogP contribution in [0.2, 0.25) is 0 Å². The normalized spacial score (nSPS) is 13.0. The van der Waals surface area contributed by atoms with Crippen LogP contribution in [-0.4, -0.2) is 47.8 Å². The monoisotopic (exact) mass is 410 g/mol. The van der Waals surface area contributed by atoms with Crippen molar-refractivity contribution in [1.82, 2.24) is 10.2 Å². The molecule has 0 atom stereocenters. The van der Waals surface area contributed by atoms with E-state index in [1.54, 1.807) is 12.1 Å². The Bertz CT molecular complexity index is 1000. The lowest BCUT2D eigenvalue weighted by atomic mass is 10.1. The van der Waals surface area contributed by atoms with Crippen molar-refractivity contribution < 1.29 is 28.7 Å². The predicted octanol–water partition coefficient (Wildman–Crippen LogP) is 1.27. The van der Waals surface area contributed by atoms with Crippen LogP contribution >= 0.6 is 0 Å². The molecule has 4 N–H and O–H groups in total. The largest absolute Gasteiger partial charge is 0.454 e. The van der Waals surface area contributed by atoms with E-state index in [2.05, 4.69) is 10.6 Å². The number of esters is 1. The molecule has 3 rings (SSSR count). The lowest BCUT2D eigenvalue weighted by molar-refractivity contribution is -0.125. The Morgan fingerprint density at radius 3 is 2.43 bits per heavy atom. The topological polar surface area (TPSA) is 148 Å². The third-order valence-corrected chi connectivity index (χ3v) is 4.25. The van der Waals surface area contributed by atoms with Crippen LogP contribution < -0.4 is 16.4 Å². The summed E-state index contributed by atoms with van der Waals surface area (Å²) >= 11 is 0. The van der Waals surface area contributed by atoms with Gasteiger partial charge < -0.3 is 21.1 Å². The minimum atomic E-state index is -0.722. The van der Waals surface area contributed by atoms with Crippen molar-refractivity contribution in [2.24, 2.45) is 5.73 Å². The lowest BCUT2D eigenvalue weighted by Gasteiger charge is -2.13. The number of Topliss-reactive ketones (excluding diaryl/α,β-unsaturated/α-hetero) is 1. The van der Waals surface area contributed by atoms with Gasteiger partial charge >= 0.3 is 18.0 Å². The molecule has 154 valence electrons. The van der Waals surface area contributed by atoms with Crippen molar-refractivity contribution in [2.75, 3.05) is 18.5 Å². The summed E-state index contributed by atoms with van der Waals surface area (Å²) in [5.41, 5.74) is 6.50. The highest BCUT2D eigenvalue weighted by molar-refractivity contribution is 6.02. The molecule has 2 aromatic carbocycles. The standard InChI is InChI=1S/C20H18N4O6/c21-19(28)23-15-6-4-13(5-7-15)16(25)11-30-18(27)14-3-1-2-12(8-14)10-24-17(26)9-22-20(24)29/h1-8H,9-11H2,(H,22,29)(H3,21,23,28). The molecule has 0 aliphatic carbocycles. The molecule has 0 radical (unpaired) electrons. The average Bonchev–Trinajstić information content (AvgIpc) is 3.04. The zero-order valence-corrected chi connectivity index (χ0v) is 15.7. The molecule has 10 nitrogen and oxygen atoms in total. The first-order valence-corrected chi connectivity index (χ1v) is 8.87. The summed E-state index contributed by atoms with van der Waals surface area (Å²) in [5, 5.41) is 4.79. The van der Waals surface area contributed by atoms with Gasteiger partial charge in [0.25, 0.3) is 0 Å². The van der Waals surface area contributed by atoms with Crippen LogP contribution in [0.3, 0.4) is 0 Å². The van der Waals surface area contributed by atoms with Gasteiger partial charge in [0, 0.05) is 11.3 Å². The van der Waals surface area contributed by atoms with E-state index in [1.165, 1.54) is 36.4 Å². The lowest BCUT2D eigenvalue weighted by Crippen LogP contribution is -2.30. The number of nitrogens with one attached hydrogen (secondary N) is 2. The van der Waals surface area contributed by atoms with Crippen molar-refractivity contribution in [3.63, 3.8) is 0 Å². The van der Waals surface area contributed by atoms with E-state index in [9.17, 15) is 24.0 Å². The van der Waals surface area contributed by atoms with Crippen LogP contribution in [0.5, 0.6) is 0 Å². The van der Waals surface area contributed by atoms with Crippen LogP contribution in [0, 0.1) is 0 Å². The Balaban J connectivity index is 1.58. The number of nitrogens with zero attached hydrogens (tertiary/aromatic N) is 1. The summed E-state index contributed by atoms with van der Waals surface area (Å²) in [6.45, 7) is -0.503. The van der Waals surface area contributed by atoms with E-state index in [0.717, 1.165) is 4.90 Å². The van der Waals surface area contributed by atoms with E-state index < -0.39 is 30.4 Å². The fourth-order valence-electron chi connectivity index (χ4n) is 2.77. The van der Waals surface area contributed by atoms with Gasteiger partial charge in [0.15, 0.2) is 12.4 Å². The van der Waals surface area contributed by atoms with Gasteiger partial charge in [0.1, 0.15) is 0 Å². The number of ether oxygens (including phenoxy) is 1. The quantitative estimate of drug-likeness (QED) is 0.356. The number of rotatable bonds is 7. The minimum absolute atomic E-state index is 0.0242. The number of imide groups is 1. The van der Waals surface area contributed by atoms with Crippen LogP contribution in [0.4, 0.5) is 15.3 Å². The van der Waals surface area contributed by atoms with Gasteiger partial charge in [0.2, 0.25) is 5.91 Å². The molecule has 1 saturated heterocycles. The molecule has 1 aliphatic heterocycles. The Labute approximate surface area is 171 Å². The number of carbonyl (C=O) groups excluding carboxylic acids is 5. The van der Waals surface area contributed by atoms with E-state index in [1.807, 2.05) is 0 Å². The summed E-state index contributed by atoms with van der Waals surface area (Å²) in [5.74, 6) is -1.49. The SMILES string of the molecule is NC(=O)Nc1ccc(C(=O)COC(=O)c2cccc(CN3C(=O)CNC3=O)c2)cc1. The maximum atomic E-state index is 12.3. The smallest absolute Gasteiger partial charge is 0.338 e. The fraction of sp³-hybridized carbons (Fsp3) is 0.150. The Morgan fingerprint density at radius 2 is 1.80 bits per heavy atom. The number of benzene rings is 2. The highest BCUT2D eigenvalue weighted by Gasteiger charge is 2.28. The van der Waals surface area contributed by atoms with Crippen LogP contribution in [-0.2, 0) is 16.1 Å². The van der Waals surface area contributed by atoms with Crippen molar-refractivity contribution >= 4 is 35.4 Å². The molecular weight excluding hydrogens is 392 g/mol. The Morgan fingerprint density at radius 1 is 1.07 bits per heavy atom. The van der Waals surface area contributed by atoms with Gasteiger partial charge in [0.05, 0.1) is 18.7 Å². The first-order chi connectivity index (χ1) is 14.3. The first-order valence-electron chi connectivity index (χ1n) is 8.87. The molecule has 1 heterocycles. The highest BCUT2D eigenvalue weighted by atomic mass is 16.5. The molecular formula is C20H18N4O6. The molecule has 1 aliphatic rings. The zero-order chi connectivity index (χ0) is 21.7. The number of amides is 5. The van der Waals surface area contributed by atoms with Gasteiger partial charge in [-0.2, -0.15) is 0 Å². The van der Waals surface area contributed by atoms with E-state index in [0.29, 0.717) is 16.8 Å². The molecule has 1 fully saturated rings. The summed E-state index contributed by atoms with van der Waals surface area (Å²) < 4.78 is 5.07. The van der Waals surface area contributed by atoms with Crippen molar-refractivity contribution in [1.29, 1.82) is 0 Å². The second kappa shape index (κ2) is 8.86. The van der Waals surface area contributed by atoms with Crippen LogP contribution in [0.1, 0.15) is 26.3 Å². The van der Waals surface area contributed by atoms with Crippen LogP contribution in [0.15, 0.2) is 48.5 Å². The molecule has 10 heteroatoms. The number of urea groups is 2. The molecule has 5 amide bonds. The first kappa shape index (κ1) is 20.5.